The van der Waals surface area contributed by atoms with Crippen molar-refractivity contribution in [3.63, 3.8) is 0 Å². The Morgan fingerprint density at radius 1 is 1.29 bits per heavy atom. The van der Waals surface area contributed by atoms with Gasteiger partial charge in [0.25, 0.3) is 0 Å². The number of hydrogen-bond acceptors (Lipinski definition) is 4. The summed E-state index contributed by atoms with van der Waals surface area (Å²) in [6, 6.07) is 5.39. The highest BCUT2D eigenvalue weighted by Gasteiger charge is 2.30. The van der Waals surface area contributed by atoms with Gasteiger partial charge in [-0.25, -0.2) is 8.42 Å². The molecule has 1 aromatic rings. The standard InChI is InChI=1S/C18H27F3N4O2S/c1-3-22-17(23-9-11-28(2,26)27)24-16-8-10-25(13-16)12-14-4-6-15(7-5-14)18(19,20)21/h4-7,16H,3,8-13H2,1-2H3,(H2,22,23,24). The van der Waals surface area contributed by atoms with Crippen LogP contribution in [-0.4, -0.2) is 63.5 Å². The molecule has 0 saturated carbocycles. The second kappa shape index (κ2) is 9.60. The van der Waals surface area contributed by atoms with Crippen molar-refractivity contribution < 1.29 is 21.6 Å². The number of alkyl halides is 3. The predicted octanol–water partition coefficient (Wildman–Crippen LogP) is 1.88. The van der Waals surface area contributed by atoms with E-state index in [0.29, 0.717) is 19.0 Å². The minimum absolute atomic E-state index is 0.00567. The third-order valence-electron chi connectivity index (χ3n) is 4.38. The van der Waals surface area contributed by atoms with Gasteiger partial charge in [-0.2, -0.15) is 13.2 Å². The van der Waals surface area contributed by atoms with Crippen LogP contribution >= 0.6 is 0 Å². The first-order valence-corrected chi connectivity index (χ1v) is 11.2. The summed E-state index contributed by atoms with van der Waals surface area (Å²) in [6.07, 6.45) is -2.27. The van der Waals surface area contributed by atoms with E-state index in [9.17, 15) is 21.6 Å². The van der Waals surface area contributed by atoms with E-state index in [-0.39, 0.29) is 18.3 Å². The lowest BCUT2D eigenvalue weighted by Gasteiger charge is -2.19. The summed E-state index contributed by atoms with van der Waals surface area (Å²) in [5.74, 6) is 0.571. The number of rotatable bonds is 7. The number of nitrogens with one attached hydrogen (secondary N) is 2. The van der Waals surface area contributed by atoms with Gasteiger partial charge < -0.3 is 10.6 Å². The summed E-state index contributed by atoms with van der Waals surface area (Å²) in [5.41, 5.74) is 0.195. The molecule has 0 radical (unpaired) electrons. The number of halogens is 3. The predicted molar refractivity (Wildman–Crippen MR) is 104 cm³/mol. The third-order valence-corrected chi connectivity index (χ3v) is 5.30. The summed E-state index contributed by atoms with van der Waals surface area (Å²) < 4.78 is 60.4. The van der Waals surface area contributed by atoms with Crippen molar-refractivity contribution in [1.29, 1.82) is 0 Å². The lowest BCUT2D eigenvalue weighted by atomic mass is 10.1. The van der Waals surface area contributed by atoms with E-state index in [1.807, 2.05) is 6.92 Å². The van der Waals surface area contributed by atoms with Crippen LogP contribution in [0.2, 0.25) is 0 Å². The molecule has 0 bridgehead atoms. The maximum Gasteiger partial charge on any atom is 0.416 e. The molecule has 2 rings (SSSR count). The van der Waals surface area contributed by atoms with Crippen molar-refractivity contribution in [2.45, 2.75) is 32.1 Å². The number of guanidine groups is 1. The summed E-state index contributed by atoms with van der Waals surface area (Å²) in [5, 5.41) is 6.40. The fourth-order valence-electron chi connectivity index (χ4n) is 2.99. The molecule has 1 aliphatic heterocycles. The lowest BCUT2D eigenvalue weighted by Crippen LogP contribution is -2.44. The Bertz CT molecular complexity index is 764. The molecule has 1 heterocycles. The van der Waals surface area contributed by atoms with Gasteiger partial charge in [-0.1, -0.05) is 12.1 Å². The van der Waals surface area contributed by atoms with Gasteiger partial charge in [0.2, 0.25) is 0 Å². The second-order valence-electron chi connectivity index (χ2n) is 6.95. The molecule has 158 valence electrons. The molecule has 0 aliphatic carbocycles. The zero-order valence-corrected chi connectivity index (χ0v) is 16.9. The van der Waals surface area contributed by atoms with E-state index in [0.717, 1.165) is 37.2 Å². The van der Waals surface area contributed by atoms with E-state index in [1.165, 1.54) is 18.4 Å². The molecule has 10 heteroatoms. The third kappa shape index (κ3) is 7.67. The molecular weight excluding hydrogens is 393 g/mol. The summed E-state index contributed by atoms with van der Waals surface area (Å²) in [4.78, 5) is 6.46. The van der Waals surface area contributed by atoms with Crippen LogP contribution in [0.5, 0.6) is 0 Å². The van der Waals surface area contributed by atoms with Crippen LogP contribution < -0.4 is 10.6 Å². The normalized spacial score (nSPS) is 19.0. The Kier molecular flexibility index (Phi) is 7.70. The minimum atomic E-state index is -4.32. The highest BCUT2D eigenvalue weighted by Crippen LogP contribution is 2.29. The topological polar surface area (TPSA) is 73.8 Å². The Labute approximate surface area is 164 Å². The van der Waals surface area contributed by atoms with Crippen molar-refractivity contribution >= 4 is 15.8 Å². The van der Waals surface area contributed by atoms with Gasteiger partial charge in [0.05, 0.1) is 17.9 Å². The number of benzene rings is 1. The first-order chi connectivity index (χ1) is 13.1. The first kappa shape index (κ1) is 22.5. The van der Waals surface area contributed by atoms with Crippen LogP contribution in [0, 0.1) is 0 Å². The SMILES string of the molecule is CCNC(=NCCS(C)(=O)=O)NC1CCN(Cc2ccc(C(F)(F)F)cc2)C1. The zero-order chi connectivity index (χ0) is 20.8. The molecule has 0 aromatic heterocycles. The molecule has 1 aliphatic rings. The highest BCUT2D eigenvalue weighted by atomic mass is 32.2. The Morgan fingerprint density at radius 3 is 2.54 bits per heavy atom. The molecule has 1 aromatic carbocycles. The molecule has 1 fully saturated rings. The summed E-state index contributed by atoms with van der Waals surface area (Å²) in [7, 11) is -3.06. The molecule has 1 saturated heterocycles. The monoisotopic (exact) mass is 420 g/mol. The van der Waals surface area contributed by atoms with Gasteiger partial charge in [-0.3, -0.25) is 9.89 Å². The minimum Gasteiger partial charge on any atom is -0.357 e. The van der Waals surface area contributed by atoms with E-state index in [4.69, 9.17) is 0 Å². The molecule has 2 N–H and O–H groups in total. The van der Waals surface area contributed by atoms with Gasteiger partial charge >= 0.3 is 6.18 Å². The van der Waals surface area contributed by atoms with E-state index >= 15 is 0 Å². The maximum absolute atomic E-state index is 12.6. The summed E-state index contributed by atoms with van der Waals surface area (Å²) in [6.45, 7) is 4.92. The number of nitrogens with zero attached hydrogens (tertiary/aromatic N) is 2. The quantitative estimate of drug-likeness (QED) is 0.521. The van der Waals surface area contributed by atoms with Crippen molar-refractivity contribution in [2.24, 2.45) is 4.99 Å². The lowest BCUT2D eigenvalue weighted by molar-refractivity contribution is -0.137. The Balaban J connectivity index is 1.87. The number of sulfone groups is 1. The molecule has 28 heavy (non-hydrogen) atoms. The van der Waals surface area contributed by atoms with Crippen LogP contribution in [-0.2, 0) is 22.6 Å². The van der Waals surface area contributed by atoms with Crippen molar-refractivity contribution in [2.75, 3.05) is 38.2 Å². The molecule has 1 unspecified atom stereocenters. The van der Waals surface area contributed by atoms with Crippen LogP contribution in [0.3, 0.4) is 0 Å². The summed E-state index contributed by atoms with van der Waals surface area (Å²) >= 11 is 0. The fraction of sp³-hybridized carbons (Fsp3) is 0.611. The zero-order valence-electron chi connectivity index (χ0n) is 16.1. The molecule has 1 atom stereocenters. The number of hydrogen-bond donors (Lipinski definition) is 2. The second-order valence-corrected chi connectivity index (χ2v) is 9.21. The number of aliphatic imine (C=N–C) groups is 1. The van der Waals surface area contributed by atoms with Crippen molar-refractivity contribution in [3.8, 4) is 0 Å². The average Bonchev–Trinajstić information content (AvgIpc) is 3.00. The van der Waals surface area contributed by atoms with E-state index in [1.54, 1.807) is 0 Å². The average molecular weight is 421 g/mol. The Morgan fingerprint density at radius 2 is 1.96 bits per heavy atom. The van der Waals surface area contributed by atoms with Gasteiger partial charge in [-0.15, -0.1) is 0 Å². The Hall–Kier alpha value is -1.81. The van der Waals surface area contributed by atoms with Gasteiger partial charge in [0, 0.05) is 38.5 Å². The highest BCUT2D eigenvalue weighted by molar-refractivity contribution is 7.90. The molecular formula is C18H27F3N4O2S. The smallest absolute Gasteiger partial charge is 0.357 e. The molecule has 0 spiro atoms. The van der Waals surface area contributed by atoms with Crippen molar-refractivity contribution in [3.05, 3.63) is 35.4 Å². The van der Waals surface area contributed by atoms with Crippen LogP contribution in [0.4, 0.5) is 13.2 Å². The van der Waals surface area contributed by atoms with Crippen LogP contribution in [0.15, 0.2) is 29.3 Å². The van der Waals surface area contributed by atoms with E-state index in [2.05, 4.69) is 20.5 Å². The van der Waals surface area contributed by atoms with Crippen LogP contribution in [0.25, 0.3) is 0 Å². The number of likely N-dealkylation sites (tertiary alicyclic amines) is 1. The maximum atomic E-state index is 12.6. The first-order valence-electron chi connectivity index (χ1n) is 9.18. The fourth-order valence-corrected chi connectivity index (χ4v) is 3.41. The van der Waals surface area contributed by atoms with E-state index < -0.39 is 21.6 Å². The van der Waals surface area contributed by atoms with Gasteiger partial charge in [-0.05, 0) is 31.0 Å². The molecule has 0 amide bonds. The largest absolute Gasteiger partial charge is 0.416 e. The van der Waals surface area contributed by atoms with Crippen molar-refractivity contribution in [1.82, 2.24) is 15.5 Å². The molecule has 6 nitrogen and oxygen atoms in total. The van der Waals surface area contributed by atoms with Gasteiger partial charge in [0.15, 0.2) is 5.96 Å². The van der Waals surface area contributed by atoms with Gasteiger partial charge in [0.1, 0.15) is 9.84 Å². The van der Waals surface area contributed by atoms with Crippen LogP contribution in [0.1, 0.15) is 24.5 Å².